The summed E-state index contributed by atoms with van der Waals surface area (Å²) < 4.78 is 27.9. The van der Waals surface area contributed by atoms with E-state index in [4.69, 9.17) is 4.52 Å². The molecule has 1 aromatic heterocycles. The average Bonchev–Trinajstić information content (AvgIpc) is 2.62. The molecular weight excluding hydrogens is 256 g/mol. The van der Waals surface area contributed by atoms with Gasteiger partial charge in [-0.05, 0) is 19.8 Å². The van der Waals surface area contributed by atoms with Crippen molar-refractivity contribution in [3.63, 3.8) is 0 Å². The Balaban J connectivity index is 3.06. The highest BCUT2D eigenvalue weighted by atomic mass is 32.2. The van der Waals surface area contributed by atoms with E-state index in [-0.39, 0.29) is 23.6 Å². The van der Waals surface area contributed by atoms with Gasteiger partial charge in [-0.15, -0.1) is 0 Å². The van der Waals surface area contributed by atoms with Gasteiger partial charge in [-0.1, -0.05) is 19.0 Å². The van der Waals surface area contributed by atoms with Crippen molar-refractivity contribution in [1.82, 2.24) is 10.1 Å². The van der Waals surface area contributed by atoms with Gasteiger partial charge in [0.1, 0.15) is 5.25 Å². The molecule has 0 bridgehead atoms. The van der Waals surface area contributed by atoms with Crippen LogP contribution in [0.4, 0.5) is 0 Å². The van der Waals surface area contributed by atoms with E-state index in [1.807, 2.05) is 13.8 Å². The van der Waals surface area contributed by atoms with Crippen molar-refractivity contribution in [3.05, 3.63) is 11.7 Å². The van der Waals surface area contributed by atoms with Crippen LogP contribution in [0, 0.1) is 5.92 Å². The Morgan fingerprint density at radius 1 is 1.22 bits per heavy atom. The van der Waals surface area contributed by atoms with Gasteiger partial charge >= 0.3 is 0 Å². The summed E-state index contributed by atoms with van der Waals surface area (Å²) in [7, 11) is -3.26. The first-order chi connectivity index (χ1) is 8.14. The quantitative estimate of drug-likeness (QED) is 0.871. The van der Waals surface area contributed by atoms with Gasteiger partial charge < -0.3 is 9.63 Å². The van der Waals surface area contributed by atoms with Crippen molar-refractivity contribution in [2.45, 2.75) is 45.0 Å². The highest BCUT2D eigenvalue weighted by molar-refractivity contribution is 7.90. The zero-order chi connectivity index (χ0) is 14.1. The highest BCUT2D eigenvalue weighted by Gasteiger charge is 2.30. The van der Waals surface area contributed by atoms with Gasteiger partial charge in [0.15, 0.2) is 15.7 Å². The molecule has 0 radical (unpaired) electrons. The molecule has 0 aliphatic rings. The molecule has 0 aliphatic heterocycles. The van der Waals surface area contributed by atoms with Gasteiger partial charge in [0, 0.05) is 6.26 Å². The molecule has 1 aromatic rings. The lowest BCUT2D eigenvalue weighted by Crippen LogP contribution is -2.20. The van der Waals surface area contributed by atoms with Gasteiger partial charge in [0.2, 0.25) is 5.89 Å². The number of rotatable bonds is 5. The van der Waals surface area contributed by atoms with Gasteiger partial charge in [-0.25, -0.2) is 8.42 Å². The fourth-order valence-corrected chi connectivity index (χ4v) is 2.27. The minimum atomic E-state index is -3.26. The third kappa shape index (κ3) is 3.29. The Kier molecular flexibility index (Phi) is 4.50. The molecule has 0 spiro atoms. The molecule has 3 unspecified atom stereocenters. The van der Waals surface area contributed by atoms with Crippen LogP contribution < -0.4 is 0 Å². The standard InChI is InChI=1S/C11H20N2O4S/c1-6(2)9(7(3)14)11-12-10(13-17-11)8(4)18(5,15)16/h6-9,14H,1-5H3. The number of hydrogen-bond donors (Lipinski definition) is 1. The van der Waals surface area contributed by atoms with E-state index in [0.29, 0.717) is 0 Å². The van der Waals surface area contributed by atoms with Crippen LogP contribution in [0.2, 0.25) is 0 Å². The zero-order valence-corrected chi connectivity index (χ0v) is 12.1. The Bertz CT molecular complexity index is 485. The molecule has 6 nitrogen and oxygen atoms in total. The first-order valence-corrected chi connectivity index (χ1v) is 7.80. The van der Waals surface area contributed by atoms with E-state index in [9.17, 15) is 13.5 Å². The molecule has 18 heavy (non-hydrogen) atoms. The van der Waals surface area contributed by atoms with Crippen molar-refractivity contribution in [3.8, 4) is 0 Å². The highest BCUT2D eigenvalue weighted by Crippen LogP contribution is 2.28. The van der Waals surface area contributed by atoms with Crippen LogP contribution in [-0.4, -0.2) is 36.0 Å². The molecule has 0 aromatic carbocycles. The molecule has 1 rings (SSSR count). The third-order valence-electron chi connectivity index (χ3n) is 2.99. The number of hydrogen-bond acceptors (Lipinski definition) is 6. The second-order valence-corrected chi connectivity index (χ2v) is 7.34. The monoisotopic (exact) mass is 276 g/mol. The van der Waals surface area contributed by atoms with E-state index in [1.54, 1.807) is 6.92 Å². The third-order valence-corrected chi connectivity index (χ3v) is 4.48. The fraction of sp³-hybridized carbons (Fsp3) is 0.818. The summed E-state index contributed by atoms with van der Waals surface area (Å²) in [6.45, 7) is 7.02. The maximum Gasteiger partial charge on any atom is 0.232 e. The van der Waals surface area contributed by atoms with E-state index in [0.717, 1.165) is 6.26 Å². The number of aliphatic hydroxyl groups excluding tert-OH is 1. The molecule has 1 N–H and O–H groups in total. The fourth-order valence-electron chi connectivity index (χ4n) is 1.79. The van der Waals surface area contributed by atoms with Crippen LogP contribution in [0.5, 0.6) is 0 Å². The zero-order valence-electron chi connectivity index (χ0n) is 11.3. The molecule has 104 valence electrons. The molecule has 0 aliphatic carbocycles. The molecule has 0 saturated heterocycles. The minimum absolute atomic E-state index is 0.117. The Morgan fingerprint density at radius 2 is 1.78 bits per heavy atom. The van der Waals surface area contributed by atoms with Crippen molar-refractivity contribution in [1.29, 1.82) is 0 Å². The lowest BCUT2D eigenvalue weighted by atomic mass is 9.91. The molecule has 1 heterocycles. The van der Waals surface area contributed by atoms with Crippen LogP contribution in [-0.2, 0) is 9.84 Å². The summed E-state index contributed by atoms with van der Waals surface area (Å²) in [6, 6.07) is 0. The summed E-state index contributed by atoms with van der Waals surface area (Å²) in [5.41, 5.74) is 0. The number of aromatic nitrogens is 2. The summed E-state index contributed by atoms with van der Waals surface area (Å²) in [5.74, 6) is 0.245. The van der Waals surface area contributed by atoms with Crippen LogP contribution >= 0.6 is 0 Å². The Labute approximate surface area is 107 Å². The van der Waals surface area contributed by atoms with Crippen LogP contribution in [0.3, 0.4) is 0 Å². The van der Waals surface area contributed by atoms with Crippen LogP contribution in [0.1, 0.15) is 50.6 Å². The van der Waals surface area contributed by atoms with Gasteiger partial charge in [0.05, 0.1) is 12.0 Å². The number of sulfone groups is 1. The van der Waals surface area contributed by atoms with Crippen LogP contribution in [0.25, 0.3) is 0 Å². The summed E-state index contributed by atoms with van der Waals surface area (Å²) in [6.07, 6.45) is 0.495. The van der Waals surface area contributed by atoms with Crippen molar-refractivity contribution < 1.29 is 18.0 Å². The van der Waals surface area contributed by atoms with Crippen LogP contribution in [0.15, 0.2) is 4.52 Å². The largest absolute Gasteiger partial charge is 0.393 e. The van der Waals surface area contributed by atoms with Crippen molar-refractivity contribution in [2.75, 3.05) is 6.26 Å². The second kappa shape index (κ2) is 5.36. The Morgan fingerprint density at radius 3 is 2.17 bits per heavy atom. The van der Waals surface area contributed by atoms with Gasteiger partial charge in [-0.3, -0.25) is 0 Å². The lowest BCUT2D eigenvalue weighted by Gasteiger charge is -2.19. The predicted octanol–water partition coefficient (Wildman–Crippen LogP) is 1.30. The molecule has 0 fully saturated rings. The topological polar surface area (TPSA) is 93.3 Å². The maximum absolute atomic E-state index is 11.4. The number of aliphatic hydroxyl groups is 1. The molecule has 0 saturated carbocycles. The first kappa shape index (κ1) is 15.1. The van der Waals surface area contributed by atoms with E-state index >= 15 is 0 Å². The normalized spacial score (nSPS) is 17.7. The molecule has 3 atom stereocenters. The van der Waals surface area contributed by atoms with E-state index in [2.05, 4.69) is 10.1 Å². The summed E-state index contributed by atoms with van der Waals surface area (Å²) in [4.78, 5) is 4.10. The van der Waals surface area contributed by atoms with Gasteiger partial charge in [-0.2, -0.15) is 4.98 Å². The average molecular weight is 276 g/mol. The van der Waals surface area contributed by atoms with E-state index < -0.39 is 21.2 Å². The predicted molar refractivity (Wildman–Crippen MR) is 66.8 cm³/mol. The molecular formula is C11H20N2O4S. The van der Waals surface area contributed by atoms with Crippen molar-refractivity contribution >= 4 is 9.84 Å². The molecule has 0 amide bonds. The second-order valence-electron chi connectivity index (χ2n) is 4.97. The molecule has 7 heteroatoms. The Hall–Kier alpha value is -0.950. The summed E-state index contributed by atoms with van der Waals surface area (Å²) in [5, 5.41) is 12.6. The smallest absolute Gasteiger partial charge is 0.232 e. The first-order valence-electron chi connectivity index (χ1n) is 5.85. The lowest BCUT2D eigenvalue weighted by molar-refractivity contribution is 0.120. The van der Waals surface area contributed by atoms with E-state index in [1.165, 1.54) is 6.92 Å². The maximum atomic E-state index is 11.4. The van der Waals surface area contributed by atoms with Crippen molar-refractivity contribution in [2.24, 2.45) is 5.92 Å². The van der Waals surface area contributed by atoms with Gasteiger partial charge in [0.25, 0.3) is 0 Å². The number of nitrogens with zero attached hydrogens (tertiary/aromatic N) is 2. The minimum Gasteiger partial charge on any atom is -0.393 e. The summed E-state index contributed by atoms with van der Waals surface area (Å²) >= 11 is 0. The SMILES string of the molecule is CC(C)C(c1nc(C(C)S(C)(=O)=O)no1)C(C)O.